The number of nitrogens with zero attached hydrogens (tertiary/aromatic N) is 5. The van der Waals surface area contributed by atoms with E-state index in [1.807, 2.05) is 30.5 Å². The van der Waals surface area contributed by atoms with Crippen LogP contribution in [0.4, 0.5) is 11.4 Å². The number of fused-ring (bicyclic) bond motifs is 13. The zero-order valence-electron chi connectivity index (χ0n) is 46.8. The van der Waals surface area contributed by atoms with E-state index in [1.165, 1.54) is 16.3 Å². The summed E-state index contributed by atoms with van der Waals surface area (Å²) < 4.78 is 23.3. The molecule has 7 heteroatoms. The maximum absolute atomic E-state index is 9.13. The van der Waals surface area contributed by atoms with Crippen molar-refractivity contribution in [2.24, 2.45) is 0 Å². The van der Waals surface area contributed by atoms with E-state index in [4.69, 9.17) is 11.1 Å². The van der Waals surface area contributed by atoms with Crippen molar-refractivity contribution in [2.45, 2.75) is 52.4 Å². The molecule has 0 radical (unpaired) electrons. The van der Waals surface area contributed by atoms with Gasteiger partial charge >= 0.3 is 0 Å². The molecular weight excluding hydrogens is 1170 g/mol. The summed E-state index contributed by atoms with van der Waals surface area (Å²) in [6.07, 6.45) is 1.92. The van der Waals surface area contributed by atoms with Crippen LogP contribution in [0.3, 0.4) is 0 Å². The molecule has 0 spiro atoms. The Morgan fingerprint density at radius 1 is 0.469 bits per heavy atom. The molecule has 4 aromatic heterocycles. The molecule has 6 nitrogen and oxygen atoms in total. The van der Waals surface area contributed by atoms with Crippen molar-refractivity contribution in [3.8, 4) is 34.1 Å². The summed E-state index contributed by atoms with van der Waals surface area (Å²) >= 11 is 0. The summed E-state index contributed by atoms with van der Waals surface area (Å²) in [6.45, 7) is 15.6. The molecule has 0 atom stereocenters. The van der Waals surface area contributed by atoms with E-state index in [9.17, 15) is 0 Å². The molecular formula is C74H56N5OPt-3. The molecule has 15 rings (SSSR count). The summed E-state index contributed by atoms with van der Waals surface area (Å²) in [6, 6.07) is 83.7. The number of aromatic nitrogens is 4. The van der Waals surface area contributed by atoms with E-state index >= 15 is 0 Å². The molecule has 0 unspecified atom stereocenters. The van der Waals surface area contributed by atoms with Crippen LogP contribution in [-0.4, -0.2) is 18.7 Å². The van der Waals surface area contributed by atoms with Gasteiger partial charge in [0.2, 0.25) is 0 Å². The first-order valence-electron chi connectivity index (χ1n) is 28.0. The molecule has 0 fully saturated rings. The van der Waals surface area contributed by atoms with Gasteiger partial charge in [0.05, 0.1) is 12.4 Å². The third kappa shape index (κ3) is 8.10. The Kier molecular flexibility index (Phi) is 11.5. The van der Waals surface area contributed by atoms with Gasteiger partial charge in [0.25, 0.3) is 0 Å². The average Bonchev–Trinajstić information content (AvgIpc) is 3.45. The van der Waals surface area contributed by atoms with Crippen molar-refractivity contribution in [2.75, 3.05) is 4.90 Å². The fraction of sp³-hybridized carbons (Fsp3) is 0.108. The van der Waals surface area contributed by atoms with Gasteiger partial charge in [-0.05, 0) is 131 Å². The molecule has 0 N–H and O–H groups in total. The smallest absolute Gasteiger partial charge is 0.135 e. The summed E-state index contributed by atoms with van der Waals surface area (Å²) in [4.78, 5) is 7.30. The van der Waals surface area contributed by atoms with Gasteiger partial charge < -0.3 is 23.3 Å². The van der Waals surface area contributed by atoms with Gasteiger partial charge in [0.1, 0.15) is 5.82 Å². The van der Waals surface area contributed by atoms with Crippen molar-refractivity contribution < 1.29 is 27.2 Å². The van der Waals surface area contributed by atoms with E-state index in [0.29, 0.717) is 17.5 Å². The monoisotopic (exact) mass is 1230 g/mol. The van der Waals surface area contributed by atoms with Crippen LogP contribution in [0.5, 0.6) is 11.5 Å². The zero-order valence-corrected chi connectivity index (χ0v) is 48.1. The number of hydrogen-bond acceptors (Lipinski definition) is 3. The first kappa shape index (κ1) is 49.0. The van der Waals surface area contributed by atoms with E-state index in [2.05, 4.69) is 267 Å². The minimum absolute atomic E-state index is 0. The Bertz CT molecular complexity index is 4960. The van der Waals surface area contributed by atoms with E-state index < -0.39 is 0 Å². The number of pyridine rings is 1. The predicted octanol–water partition coefficient (Wildman–Crippen LogP) is 19.6. The second kappa shape index (κ2) is 19.0. The van der Waals surface area contributed by atoms with Gasteiger partial charge in [-0.1, -0.05) is 216 Å². The van der Waals surface area contributed by atoms with Crippen molar-refractivity contribution in [1.29, 1.82) is 0 Å². The zero-order chi connectivity index (χ0) is 54.9. The first-order chi connectivity index (χ1) is 39.4. The maximum Gasteiger partial charge on any atom is 0.135 e. The summed E-state index contributed by atoms with van der Waals surface area (Å²) in [7, 11) is 0. The van der Waals surface area contributed by atoms with Crippen LogP contribution in [0.15, 0.2) is 225 Å². The van der Waals surface area contributed by atoms with Gasteiger partial charge in [-0.2, -0.15) is 6.07 Å². The van der Waals surface area contributed by atoms with Crippen LogP contribution in [0, 0.1) is 18.8 Å². The molecule has 14 aromatic rings. The van der Waals surface area contributed by atoms with Gasteiger partial charge in [-0.15, -0.1) is 30.3 Å². The molecule has 5 heterocycles. The number of ether oxygens (including phenoxy) is 1. The molecule has 81 heavy (non-hydrogen) atoms. The molecule has 0 saturated carbocycles. The van der Waals surface area contributed by atoms with Crippen molar-refractivity contribution >= 4 is 98.3 Å². The fourth-order valence-corrected chi connectivity index (χ4v) is 12.4. The van der Waals surface area contributed by atoms with E-state index in [1.54, 1.807) is 0 Å². The first-order valence-corrected chi connectivity index (χ1v) is 27.5. The maximum atomic E-state index is 9.13. The SMILES string of the molecule is [2H]c1cc(-c2cccc3c4ccccc4c4ccccc4c4cccc5c4n(c23)[CH-]N5c2[c-]c(Oc3[c-]c4c(c(-n5c6ccccc6c6ccccc65)c3)c3ccccc3n4-c3cc(C(C)(C)C)ccn3)ccc2)cc(C(C)(C)C)c1.[Pt]. The van der Waals surface area contributed by atoms with Crippen LogP contribution in [-0.2, 0) is 31.9 Å². The summed E-state index contributed by atoms with van der Waals surface area (Å²) in [5, 5.41) is 11.3. The predicted molar refractivity (Wildman–Crippen MR) is 334 cm³/mol. The molecule has 396 valence electrons. The van der Waals surface area contributed by atoms with Crippen LogP contribution in [0.25, 0.3) is 110 Å². The van der Waals surface area contributed by atoms with Crippen LogP contribution in [0.2, 0.25) is 0 Å². The molecule has 10 aromatic carbocycles. The minimum Gasteiger partial charge on any atom is -0.509 e. The van der Waals surface area contributed by atoms with Crippen LogP contribution in [0.1, 0.15) is 54.0 Å². The number of para-hydroxylation sites is 5. The van der Waals surface area contributed by atoms with Gasteiger partial charge in [0, 0.05) is 60.7 Å². The van der Waals surface area contributed by atoms with Gasteiger partial charge in [-0.25, -0.2) is 4.98 Å². The third-order valence-corrected chi connectivity index (χ3v) is 16.2. The van der Waals surface area contributed by atoms with Gasteiger partial charge in [0.15, 0.2) is 0 Å². The average molecular weight is 1230 g/mol. The topological polar surface area (TPSA) is 40.1 Å². The largest absolute Gasteiger partial charge is 0.509 e. The van der Waals surface area contributed by atoms with Crippen molar-refractivity contribution in [1.82, 2.24) is 18.7 Å². The Hall–Kier alpha value is -9.09. The molecule has 1 aliphatic rings. The van der Waals surface area contributed by atoms with Crippen LogP contribution >= 0.6 is 0 Å². The number of rotatable bonds is 6. The quantitative estimate of drug-likeness (QED) is 0.156. The Morgan fingerprint density at radius 3 is 1.67 bits per heavy atom. The second-order valence-electron chi connectivity index (χ2n) is 23.2. The molecule has 0 amide bonds. The number of hydrogen-bond donors (Lipinski definition) is 0. The van der Waals surface area contributed by atoms with Crippen LogP contribution < -0.4 is 9.64 Å². The van der Waals surface area contributed by atoms with E-state index in [-0.39, 0.29) is 31.9 Å². The summed E-state index contributed by atoms with van der Waals surface area (Å²) in [5.41, 5.74) is 13.0. The van der Waals surface area contributed by atoms with Crippen molar-refractivity contribution in [3.05, 3.63) is 254 Å². The van der Waals surface area contributed by atoms with E-state index in [0.717, 1.165) is 116 Å². The molecule has 0 saturated heterocycles. The standard InChI is InChI=1S/C74H56N5O.Pt/c1-73(2,3)48-22-17-21-47(41-48)53-32-19-33-60-56-27-9-7-25-54(56)55-26-8-10-28-57(55)61-34-20-38-66-72(61)77(71(53)60)46-76(66)50-23-18-24-51(43-50)80-52-44-67(78-63-35-14-11-29-58(63)59-30-12-15-36-64(59)78)70-62-31-13-16-37-65(62)79(68(70)45-52)69-42-49(39-40-75-69)74(4,5)6;/h7-42,44,46H,1-6H3;/q-3;/i17D;. The molecule has 1 aliphatic heterocycles. The third-order valence-electron chi connectivity index (χ3n) is 16.2. The minimum atomic E-state index is -0.163. The number of benzene rings is 10. The Balaban J connectivity index is 0.00000602. The Labute approximate surface area is 487 Å². The molecule has 0 bridgehead atoms. The van der Waals surface area contributed by atoms with Gasteiger partial charge in [-0.3, -0.25) is 0 Å². The molecule has 0 aliphatic carbocycles. The second-order valence-corrected chi connectivity index (χ2v) is 23.2. The normalized spacial score (nSPS) is 12.7. The summed E-state index contributed by atoms with van der Waals surface area (Å²) in [5.74, 6) is 1.90. The number of anilines is 2. The fourth-order valence-electron chi connectivity index (χ4n) is 12.4. The van der Waals surface area contributed by atoms with Crippen molar-refractivity contribution in [3.63, 3.8) is 0 Å². The Morgan fingerprint density at radius 2 is 1.01 bits per heavy atom.